The van der Waals surface area contributed by atoms with Crippen molar-refractivity contribution in [3.63, 3.8) is 0 Å². The van der Waals surface area contributed by atoms with Crippen LogP contribution in [0.3, 0.4) is 0 Å². The highest BCUT2D eigenvalue weighted by atomic mass is 35.5. The first-order valence-electron chi connectivity index (χ1n) is 6.69. The van der Waals surface area contributed by atoms with Gasteiger partial charge in [-0.2, -0.15) is 0 Å². The van der Waals surface area contributed by atoms with Gasteiger partial charge in [0.2, 0.25) is 5.91 Å². The van der Waals surface area contributed by atoms with Gasteiger partial charge in [0.25, 0.3) is 5.91 Å². The normalized spacial score (nSPS) is 10.0. The quantitative estimate of drug-likeness (QED) is 0.878. The van der Waals surface area contributed by atoms with Gasteiger partial charge in [0, 0.05) is 17.6 Å². The van der Waals surface area contributed by atoms with Gasteiger partial charge < -0.3 is 15.4 Å². The van der Waals surface area contributed by atoms with Gasteiger partial charge in [-0.25, -0.2) is 4.39 Å². The Morgan fingerprint density at radius 3 is 2.48 bits per heavy atom. The summed E-state index contributed by atoms with van der Waals surface area (Å²) in [5, 5.41) is 5.47. The fourth-order valence-electron chi connectivity index (χ4n) is 1.77. The number of hydrogen-bond acceptors (Lipinski definition) is 3. The van der Waals surface area contributed by atoms with Gasteiger partial charge in [-0.15, -0.1) is 0 Å². The molecule has 0 radical (unpaired) electrons. The molecule has 5 nitrogen and oxygen atoms in total. The number of rotatable bonds is 5. The van der Waals surface area contributed by atoms with E-state index in [1.807, 2.05) is 0 Å². The summed E-state index contributed by atoms with van der Waals surface area (Å²) in [5.74, 6) is -0.906. The third-order valence-corrected chi connectivity index (χ3v) is 3.00. The van der Waals surface area contributed by atoms with Gasteiger partial charge >= 0.3 is 0 Å². The largest absolute Gasteiger partial charge is 0.484 e. The maximum atomic E-state index is 13.5. The summed E-state index contributed by atoms with van der Waals surface area (Å²) in [4.78, 5) is 22.8. The molecule has 2 rings (SSSR count). The van der Waals surface area contributed by atoms with Crippen LogP contribution in [-0.4, -0.2) is 18.4 Å². The van der Waals surface area contributed by atoms with E-state index in [1.165, 1.54) is 19.1 Å². The number of amides is 2. The van der Waals surface area contributed by atoms with Gasteiger partial charge in [0.05, 0.1) is 5.69 Å². The molecule has 0 atom stereocenters. The lowest BCUT2D eigenvalue weighted by Gasteiger charge is -2.10. The average Bonchev–Trinajstić information content (AvgIpc) is 2.49. The van der Waals surface area contributed by atoms with Crippen LogP contribution in [-0.2, 0) is 9.59 Å². The molecule has 23 heavy (non-hydrogen) atoms. The SMILES string of the molecule is CC(=O)Nc1cc(NC(=O)COc2ccc(Cl)cc2)ccc1F. The van der Waals surface area contributed by atoms with E-state index >= 15 is 0 Å². The van der Waals surface area contributed by atoms with Crippen molar-refractivity contribution in [1.82, 2.24) is 0 Å². The van der Waals surface area contributed by atoms with Crippen LogP contribution in [0, 0.1) is 5.82 Å². The summed E-state index contributed by atoms with van der Waals surface area (Å²) in [7, 11) is 0. The molecular weight excluding hydrogens is 323 g/mol. The first-order chi connectivity index (χ1) is 10.9. The summed E-state index contributed by atoms with van der Waals surface area (Å²) in [5.41, 5.74) is 0.341. The maximum absolute atomic E-state index is 13.5. The predicted octanol–water partition coefficient (Wildman–Crippen LogP) is 3.46. The lowest BCUT2D eigenvalue weighted by molar-refractivity contribution is -0.118. The number of hydrogen-bond donors (Lipinski definition) is 2. The van der Waals surface area contributed by atoms with Gasteiger partial charge in [-0.05, 0) is 42.5 Å². The van der Waals surface area contributed by atoms with E-state index < -0.39 is 17.6 Å². The van der Waals surface area contributed by atoms with Crippen LogP contribution in [0.1, 0.15) is 6.92 Å². The molecule has 120 valence electrons. The molecule has 2 N–H and O–H groups in total. The number of benzene rings is 2. The molecule has 0 unspecified atom stereocenters. The Bertz CT molecular complexity index is 720. The van der Waals surface area contributed by atoms with Crippen LogP contribution < -0.4 is 15.4 Å². The molecule has 0 aliphatic rings. The van der Waals surface area contributed by atoms with Gasteiger partial charge in [0.1, 0.15) is 11.6 Å². The Morgan fingerprint density at radius 1 is 1.13 bits per heavy atom. The van der Waals surface area contributed by atoms with Crippen LogP contribution in [0.15, 0.2) is 42.5 Å². The van der Waals surface area contributed by atoms with Crippen LogP contribution in [0.25, 0.3) is 0 Å². The second kappa shape index (κ2) is 7.60. The van der Waals surface area contributed by atoms with E-state index in [1.54, 1.807) is 24.3 Å². The van der Waals surface area contributed by atoms with Crippen molar-refractivity contribution in [2.24, 2.45) is 0 Å². The van der Waals surface area contributed by atoms with E-state index in [0.29, 0.717) is 16.5 Å². The summed E-state index contributed by atoms with van der Waals surface area (Å²) in [6.45, 7) is 1.05. The molecule has 0 aliphatic heterocycles. The Morgan fingerprint density at radius 2 is 1.83 bits per heavy atom. The van der Waals surface area contributed by atoms with Gasteiger partial charge in [0.15, 0.2) is 6.61 Å². The van der Waals surface area contributed by atoms with Crippen LogP contribution in [0.5, 0.6) is 5.75 Å². The first-order valence-corrected chi connectivity index (χ1v) is 7.07. The van der Waals surface area contributed by atoms with Crippen molar-refractivity contribution in [2.45, 2.75) is 6.92 Å². The number of nitrogens with one attached hydrogen (secondary N) is 2. The minimum Gasteiger partial charge on any atom is -0.484 e. The Kier molecular flexibility index (Phi) is 5.54. The number of carbonyl (C=O) groups is 2. The van der Waals surface area contributed by atoms with Crippen molar-refractivity contribution in [2.75, 3.05) is 17.2 Å². The minimum atomic E-state index is -0.587. The van der Waals surface area contributed by atoms with Crippen LogP contribution in [0.2, 0.25) is 5.02 Å². The standard InChI is InChI=1S/C16H14ClFN2O3/c1-10(21)19-15-8-12(4-7-14(15)18)20-16(22)9-23-13-5-2-11(17)3-6-13/h2-8H,9H2,1H3,(H,19,21)(H,20,22). The average molecular weight is 337 g/mol. The lowest BCUT2D eigenvalue weighted by Crippen LogP contribution is -2.20. The highest BCUT2D eigenvalue weighted by Crippen LogP contribution is 2.20. The maximum Gasteiger partial charge on any atom is 0.262 e. The second-order valence-corrected chi connectivity index (χ2v) is 5.10. The van der Waals surface area contributed by atoms with E-state index in [2.05, 4.69) is 10.6 Å². The molecule has 2 aromatic rings. The number of halogens is 2. The number of carbonyl (C=O) groups excluding carboxylic acids is 2. The Labute approximate surface area is 137 Å². The second-order valence-electron chi connectivity index (χ2n) is 4.67. The molecule has 7 heteroatoms. The minimum absolute atomic E-state index is 0.00563. The van der Waals surface area contributed by atoms with E-state index in [-0.39, 0.29) is 12.3 Å². The fourth-order valence-corrected chi connectivity index (χ4v) is 1.89. The Balaban J connectivity index is 1.94. The van der Waals surface area contributed by atoms with Crippen molar-refractivity contribution < 1.29 is 18.7 Å². The molecule has 0 fully saturated rings. The zero-order chi connectivity index (χ0) is 16.8. The van der Waals surface area contributed by atoms with Gasteiger partial charge in [-0.1, -0.05) is 11.6 Å². The van der Waals surface area contributed by atoms with E-state index in [4.69, 9.17) is 16.3 Å². The molecular formula is C16H14ClFN2O3. The van der Waals surface area contributed by atoms with Crippen LogP contribution >= 0.6 is 11.6 Å². The third-order valence-electron chi connectivity index (χ3n) is 2.74. The first kappa shape index (κ1) is 16.8. The zero-order valence-corrected chi connectivity index (χ0v) is 13.0. The molecule has 0 spiro atoms. The summed E-state index contributed by atoms with van der Waals surface area (Å²) in [6.07, 6.45) is 0. The van der Waals surface area contributed by atoms with E-state index in [9.17, 15) is 14.0 Å². The molecule has 0 saturated heterocycles. The molecule has 0 aromatic heterocycles. The Hall–Kier alpha value is -2.60. The van der Waals surface area contributed by atoms with Crippen LogP contribution in [0.4, 0.5) is 15.8 Å². The smallest absolute Gasteiger partial charge is 0.262 e. The molecule has 2 amide bonds. The monoisotopic (exact) mass is 336 g/mol. The third kappa shape index (κ3) is 5.27. The fraction of sp³-hybridized carbons (Fsp3) is 0.125. The summed E-state index contributed by atoms with van der Waals surface area (Å²) >= 11 is 5.75. The molecule has 2 aromatic carbocycles. The molecule has 0 aliphatic carbocycles. The summed E-state index contributed by atoms with van der Waals surface area (Å²) < 4.78 is 18.8. The molecule has 0 saturated carbocycles. The van der Waals surface area contributed by atoms with Crippen molar-refractivity contribution in [3.8, 4) is 5.75 Å². The number of anilines is 2. The highest BCUT2D eigenvalue weighted by Gasteiger charge is 2.08. The number of ether oxygens (including phenoxy) is 1. The topological polar surface area (TPSA) is 67.4 Å². The van der Waals surface area contributed by atoms with Crippen molar-refractivity contribution >= 4 is 34.8 Å². The molecule has 0 bridgehead atoms. The zero-order valence-electron chi connectivity index (χ0n) is 12.2. The summed E-state index contributed by atoms with van der Waals surface area (Å²) in [6, 6.07) is 10.5. The van der Waals surface area contributed by atoms with E-state index in [0.717, 1.165) is 6.07 Å². The van der Waals surface area contributed by atoms with Gasteiger partial charge in [-0.3, -0.25) is 9.59 Å². The predicted molar refractivity (Wildman–Crippen MR) is 86.3 cm³/mol. The van der Waals surface area contributed by atoms with Crippen molar-refractivity contribution in [1.29, 1.82) is 0 Å². The van der Waals surface area contributed by atoms with Crippen molar-refractivity contribution in [3.05, 3.63) is 53.3 Å². The lowest BCUT2D eigenvalue weighted by atomic mass is 10.2. The molecule has 0 heterocycles. The highest BCUT2D eigenvalue weighted by molar-refractivity contribution is 6.30.